The second-order valence-electron chi connectivity index (χ2n) is 5.83. The average molecular weight is 344 g/mol. The van der Waals surface area contributed by atoms with Crippen molar-refractivity contribution in [3.8, 4) is 11.6 Å². The Morgan fingerprint density at radius 3 is 2.96 bits per heavy atom. The molecule has 0 aliphatic carbocycles. The molecule has 1 aliphatic heterocycles. The molecule has 0 saturated carbocycles. The smallest absolute Gasteiger partial charge is 0.280 e. The number of hydrogen-bond donors (Lipinski definition) is 0. The van der Waals surface area contributed by atoms with Crippen LogP contribution in [0.1, 0.15) is 32.8 Å². The van der Waals surface area contributed by atoms with E-state index in [2.05, 4.69) is 20.5 Å². The molecule has 24 heavy (non-hydrogen) atoms. The maximum absolute atomic E-state index is 12.5. The summed E-state index contributed by atoms with van der Waals surface area (Å²) in [7, 11) is 0. The largest absolute Gasteiger partial charge is 0.336 e. The standard InChI is InChI=1S/C15H16N6O2S/c1-9-3-4-13(24-9)15(22)20-6-5-11(7-20)21-8-12(17-19-21)14-16-10(2)18-23-14/h3-4,8,11H,5-7H2,1-2H3/t11-/m0/s1. The van der Waals surface area contributed by atoms with E-state index in [1.807, 2.05) is 24.0 Å². The average Bonchev–Trinajstić information content (AvgIpc) is 3.33. The van der Waals surface area contributed by atoms with Gasteiger partial charge in [0.1, 0.15) is 0 Å². The van der Waals surface area contributed by atoms with Crippen LogP contribution in [0, 0.1) is 13.8 Å². The van der Waals surface area contributed by atoms with E-state index in [1.54, 1.807) is 17.8 Å². The minimum atomic E-state index is 0.0865. The number of carbonyl (C=O) groups is 1. The number of thiophene rings is 1. The summed E-state index contributed by atoms with van der Waals surface area (Å²) in [6, 6.07) is 3.98. The van der Waals surface area contributed by atoms with Crippen LogP contribution in [0.15, 0.2) is 22.9 Å². The number of amides is 1. The van der Waals surface area contributed by atoms with Crippen molar-refractivity contribution < 1.29 is 9.32 Å². The molecular formula is C15H16N6O2S. The molecule has 0 unspecified atom stereocenters. The molecule has 1 saturated heterocycles. The zero-order chi connectivity index (χ0) is 16.7. The van der Waals surface area contributed by atoms with Gasteiger partial charge in [-0.1, -0.05) is 10.4 Å². The highest BCUT2D eigenvalue weighted by Gasteiger charge is 2.29. The predicted molar refractivity (Wildman–Crippen MR) is 86.7 cm³/mol. The van der Waals surface area contributed by atoms with Gasteiger partial charge in [-0.15, -0.1) is 16.4 Å². The van der Waals surface area contributed by atoms with E-state index in [0.717, 1.165) is 22.7 Å². The Balaban J connectivity index is 1.47. The Labute approximate surface area is 142 Å². The van der Waals surface area contributed by atoms with Gasteiger partial charge in [-0.25, -0.2) is 4.68 Å². The summed E-state index contributed by atoms with van der Waals surface area (Å²) in [5, 5.41) is 12.0. The third-order valence-corrected chi connectivity index (χ3v) is 5.02. The van der Waals surface area contributed by atoms with E-state index in [-0.39, 0.29) is 11.9 Å². The number of rotatable bonds is 3. The normalized spacial score (nSPS) is 17.6. The lowest BCUT2D eigenvalue weighted by molar-refractivity contribution is 0.0791. The van der Waals surface area contributed by atoms with Crippen LogP contribution in [0.4, 0.5) is 0 Å². The van der Waals surface area contributed by atoms with E-state index in [4.69, 9.17) is 4.52 Å². The quantitative estimate of drug-likeness (QED) is 0.723. The van der Waals surface area contributed by atoms with Gasteiger partial charge < -0.3 is 9.42 Å². The fourth-order valence-electron chi connectivity index (χ4n) is 2.80. The number of hydrogen-bond acceptors (Lipinski definition) is 7. The van der Waals surface area contributed by atoms with Gasteiger partial charge in [0.25, 0.3) is 11.8 Å². The first kappa shape index (κ1) is 15.0. The van der Waals surface area contributed by atoms with Gasteiger partial charge in [0, 0.05) is 18.0 Å². The van der Waals surface area contributed by atoms with Crippen molar-refractivity contribution in [3.63, 3.8) is 0 Å². The molecule has 1 atom stereocenters. The minimum Gasteiger partial charge on any atom is -0.336 e. The molecule has 0 N–H and O–H groups in total. The van der Waals surface area contributed by atoms with E-state index >= 15 is 0 Å². The Morgan fingerprint density at radius 1 is 1.38 bits per heavy atom. The number of likely N-dealkylation sites (tertiary alicyclic amines) is 1. The van der Waals surface area contributed by atoms with Crippen molar-refractivity contribution >= 4 is 17.2 Å². The van der Waals surface area contributed by atoms with Crippen LogP contribution in [0.25, 0.3) is 11.6 Å². The Kier molecular flexibility index (Phi) is 3.64. The molecule has 0 spiro atoms. The summed E-state index contributed by atoms with van der Waals surface area (Å²) in [4.78, 5) is 20.5. The zero-order valence-corrected chi connectivity index (χ0v) is 14.2. The van der Waals surface area contributed by atoms with Crippen LogP contribution in [0.2, 0.25) is 0 Å². The van der Waals surface area contributed by atoms with Crippen molar-refractivity contribution in [1.29, 1.82) is 0 Å². The number of nitrogens with zero attached hydrogens (tertiary/aromatic N) is 6. The highest BCUT2D eigenvalue weighted by atomic mass is 32.1. The number of aryl methyl sites for hydroxylation is 2. The lowest BCUT2D eigenvalue weighted by atomic mass is 10.3. The van der Waals surface area contributed by atoms with E-state index in [9.17, 15) is 4.79 Å². The van der Waals surface area contributed by atoms with Crippen LogP contribution in [-0.2, 0) is 0 Å². The van der Waals surface area contributed by atoms with E-state index < -0.39 is 0 Å². The molecule has 1 amide bonds. The van der Waals surface area contributed by atoms with Crippen molar-refractivity contribution in [1.82, 2.24) is 30.0 Å². The Hall–Kier alpha value is -2.55. The summed E-state index contributed by atoms with van der Waals surface area (Å²) in [5.41, 5.74) is 0.550. The molecule has 0 radical (unpaired) electrons. The fraction of sp³-hybridized carbons (Fsp3) is 0.400. The zero-order valence-electron chi connectivity index (χ0n) is 13.3. The van der Waals surface area contributed by atoms with Gasteiger partial charge in [0.05, 0.1) is 17.1 Å². The van der Waals surface area contributed by atoms with Crippen molar-refractivity contribution in [2.24, 2.45) is 0 Å². The Bertz CT molecular complexity index is 882. The maximum Gasteiger partial charge on any atom is 0.280 e. The first-order chi connectivity index (χ1) is 11.6. The molecule has 4 rings (SSSR count). The maximum atomic E-state index is 12.5. The summed E-state index contributed by atoms with van der Waals surface area (Å²) in [6.07, 6.45) is 2.64. The van der Waals surface area contributed by atoms with E-state index in [1.165, 1.54) is 11.3 Å². The lowest BCUT2D eigenvalue weighted by Gasteiger charge is -2.15. The first-order valence-corrected chi connectivity index (χ1v) is 8.50. The SMILES string of the molecule is Cc1noc(-c2cn([C@H]3CCN(C(=O)c4ccc(C)s4)C3)nn2)n1. The van der Waals surface area contributed by atoms with Gasteiger partial charge in [-0.05, 0) is 32.4 Å². The predicted octanol–water partition coefficient (Wildman–Crippen LogP) is 2.09. The molecule has 4 heterocycles. The minimum absolute atomic E-state index is 0.0865. The number of aromatic nitrogens is 5. The van der Waals surface area contributed by atoms with Gasteiger partial charge in [0.2, 0.25) is 0 Å². The highest BCUT2D eigenvalue weighted by Crippen LogP contribution is 2.26. The monoisotopic (exact) mass is 344 g/mol. The third-order valence-electron chi connectivity index (χ3n) is 4.03. The van der Waals surface area contributed by atoms with Crippen LogP contribution in [-0.4, -0.2) is 49.0 Å². The van der Waals surface area contributed by atoms with Crippen LogP contribution in [0.3, 0.4) is 0 Å². The molecule has 0 aromatic carbocycles. The van der Waals surface area contributed by atoms with Crippen LogP contribution >= 0.6 is 11.3 Å². The first-order valence-electron chi connectivity index (χ1n) is 7.68. The van der Waals surface area contributed by atoms with E-state index in [0.29, 0.717) is 24.0 Å². The number of carbonyl (C=O) groups excluding carboxylic acids is 1. The van der Waals surface area contributed by atoms with Gasteiger partial charge in [-0.3, -0.25) is 4.79 Å². The summed E-state index contributed by atoms with van der Waals surface area (Å²) in [6.45, 7) is 5.10. The van der Waals surface area contributed by atoms with Gasteiger partial charge in [0.15, 0.2) is 11.5 Å². The fourth-order valence-corrected chi connectivity index (χ4v) is 3.64. The molecule has 1 aliphatic rings. The molecule has 1 fully saturated rings. The molecule has 3 aromatic rings. The van der Waals surface area contributed by atoms with Gasteiger partial charge in [-0.2, -0.15) is 4.98 Å². The molecule has 8 nitrogen and oxygen atoms in total. The van der Waals surface area contributed by atoms with Crippen molar-refractivity contribution in [3.05, 3.63) is 33.9 Å². The molecule has 0 bridgehead atoms. The topological polar surface area (TPSA) is 89.9 Å². The van der Waals surface area contributed by atoms with Crippen molar-refractivity contribution in [2.75, 3.05) is 13.1 Å². The van der Waals surface area contributed by atoms with Crippen molar-refractivity contribution in [2.45, 2.75) is 26.3 Å². The Morgan fingerprint density at radius 2 is 2.25 bits per heavy atom. The summed E-state index contributed by atoms with van der Waals surface area (Å²) < 4.78 is 6.89. The van der Waals surface area contributed by atoms with Crippen LogP contribution in [0.5, 0.6) is 0 Å². The molecule has 124 valence electrons. The summed E-state index contributed by atoms with van der Waals surface area (Å²) >= 11 is 1.53. The lowest BCUT2D eigenvalue weighted by Crippen LogP contribution is -2.28. The molecular weight excluding hydrogens is 328 g/mol. The summed E-state index contributed by atoms with van der Waals surface area (Å²) in [5.74, 6) is 1.01. The third kappa shape index (κ3) is 2.71. The molecule has 9 heteroatoms. The molecule has 3 aromatic heterocycles. The highest BCUT2D eigenvalue weighted by molar-refractivity contribution is 7.13. The van der Waals surface area contributed by atoms with Crippen LogP contribution < -0.4 is 0 Å². The van der Waals surface area contributed by atoms with Gasteiger partial charge >= 0.3 is 0 Å². The second kappa shape index (κ2) is 5.82. The second-order valence-corrected chi connectivity index (χ2v) is 7.12.